The van der Waals surface area contributed by atoms with E-state index in [9.17, 15) is 0 Å². The van der Waals surface area contributed by atoms with Gasteiger partial charge in [-0.1, -0.05) is 35.0 Å². The number of aromatic nitrogens is 2. The Bertz CT molecular complexity index is 715. The lowest BCUT2D eigenvalue weighted by atomic mass is 10.1. The summed E-state index contributed by atoms with van der Waals surface area (Å²) in [5, 5.41) is 4.03. The summed E-state index contributed by atoms with van der Waals surface area (Å²) in [4.78, 5) is 4.44. The molecule has 1 aromatic heterocycles. The maximum Gasteiger partial charge on any atom is 0.231 e. The van der Waals surface area contributed by atoms with Crippen LogP contribution < -0.4 is 4.74 Å². The molecule has 0 atom stereocenters. The minimum Gasteiger partial charge on any atom is -0.497 e. The molecule has 4 heteroatoms. The van der Waals surface area contributed by atoms with E-state index in [0.717, 1.165) is 16.9 Å². The summed E-state index contributed by atoms with van der Waals surface area (Å²) in [5.41, 5.74) is 3.31. The van der Waals surface area contributed by atoms with Crippen LogP contribution in [0.25, 0.3) is 11.4 Å². The van der Waals surface area contributed by atoms with Crippen LogP contribution in [-0.2, 0) is 6.42 Å². The first-order valence-corrected chi connectivity index (χ1v) is 6.77. The Labute approximate surface area is 123 Å². The number of benzene rings is 2. The Morgan fingerprint density at radius 1 is 1.00 bits per heavy atom. The van der Waals surface area contributed by atoms with E-state index < -0.39 is 0 Å². The van der Waals surface area contributed by atoms with Gasteiger partial charge in [-0.05, 0) is 36.8 Å². The molecule has 0 spiro atoms. The van der Waals surface area contributed by atoms with E-state index in [2.05, 4.69) is 41.3 Å². The fourth-order valence-corrected chi connectivity index (χ4v) is 2.06. The number of rotatable bonds is 4. The Balaban J connectivity index is 1.77. The zero-order valence-electron chi connectivity index (χ0n) is 12.0. The summed E-state index contributed by atoms with van der Waals surface area (Å²) in [5.74, 6) is 2.02. The molecule has 0 N–H and O–H groups in total. The molecule has 0 aliphatic carbocycles. The molecule has 106 valence electrons. The highest BCUT2D eigenvalue weighted by molar-refractivity contribution is 5.55. The minimum absolute atomic E-state index is 0.597. The standard InChI is InChI=1S/C17H16N2O2/c1-12-3-5-13(6-4-12)11-16-18-17(19-21-16)14-7-9-15(20-2)10-8-14/h3-10H,11H2,1-2H3. The predicted molar refractivity (Wildman–Crippen MR) is 80.3 cm³/mol. The zero-order chi connectivity index (χ0) is 14.7. The van der Waals surface area contributed by atoms with E-state index in [-0.39, 0.29) is 0 Å². The fourth-order valence-electron chi connectivity index (χ4n) is 2.06. The molecule has 0 aliphatic heterocycles. The second kappa shape index (κ2) is 5.79. The Morgan fingerprint density at radius 2 is 1.71 bits per heavy atom. The average Bonchev–Trinajstić information content (AvgIpc) is 2.98. The number of nitrogens with zero attached hydrogens (tertiary/aromatic N) is 2. The van der Waals surface area contributed by atoms with Gasteiger partial charge in [-0.2, -0.15) is 4.98 Å². The highest BCUT2D eigenvalue weighted by atomic mass is 16.5. The lowest BCUT2D eigenvalue weighted by molar-refractivity contribution is 0.385. The van der Waals surface area contributed by atoms with Crippen LogP contribution >= 0.6 is 0 Å². The molecule has 0 fully saturated rings. The van der Waals surface area contributed by atoms with Gasteiger partial charge >= 0.3 is 0 Å². The maximum atomic E-state index is 5.32. The van der Waals surface area contributed by atoms with Gasteiger partial charge in [0.25, 0.3) is 0 Å². The second-order valence-electron chi connectivity index (χ2n) is 4.90. The van der Waals surface area contributed by atoms with Crippen LogP contribution in [0.15, 0.2) is 53.1 Å². The van der Waals surface area contributed by atoms with Crippen LogP contribution in [0, 0.1) is 6.92 Å². The van der Waals surface area contributed by atoms with Crippen LogP contribution in [0.2, 0.25) is 0 Å². The molecule has 21 heavy (non-hydrogen) atoms. The minimum atomic E-state index is 0.597. The number of hydrogen-bond acceptors (Lipinski definition) is 4. The van der Waals surface area contributed by atoms with Gasteiger partial charge in [0.05, 0.1) is 13.5 Å². The quantitative estimate of drug-likeness (QED) is 0.732. The van der Waals surface area contributed by atoms with Crippen molar-refractivity contribution in [1.29, 1.82) is 0 Å². The van der Waals surface area contributed by atoms with E-state index in [1.54, 1.807) is 7.11 Å². The van der Waals surface area contributed by atoms with Crippen LogP contribution in [0.4, 0.5) is 0 Å². The summed E-state index contributed by atoms with van der Waals surface area (Å²) < 4.78 is 10.5. The van der Waals surface area contributed by atoms with E-state index >= 15 is 0 Å². The van der Waals surface area contributed by atoms with Crippen LogP contribution in [0.3, 0.4) is 0 Å². The van der Waals surface area contributed by atoms with Crippen molar-refractivity contribution in [3.8, 4) is 17.1 Å². The summed E-state index contributed by atoms with van der Waals surface area (Å²) in [6.07, 6.45) is 0.642. The van der Waals surface area contributed by atoms with Gasteiger partial charge in [0, 0.05) is 5.56 Å². The Morgan fingerprint density at radius 3 is 2.38 bits per heavy atom. The summed E-state index contributed by atoms with van der Waals surface area (Å²) in [7, 11) is 1.64. The first-order valence-electron chi connectivity index (χ1n) is 6.77. The molecule has 0 saturated heterocycles. The predicted octanol–water partition coefficient (Wildman–Crippen LogP) is 3.64. The number of hydrogen-bond donors (Lipinski definition) is 0. The largest absolute Gasteiger partial charge is 0.497 e. The van der Waals surface area contributed by atoms with Crippen molar-refractivity contribution in [3.05, 3.63) is 65.5 Å². The smallest absolute Gasteiger partial charge is 0.231 e. The van der Waals surface area contributed by atoms with Gasteiger partial charge in [0.2, 0.25) is 11.7 Å². The lowest BCUT2D eigenvalue weighted by Crippen LogP contribution is -1.89. The molecule has 4 nitrogen and oxygen atoms in total. The van der Waals surface area contributed by atoms with Crippen molar-refractivity contribution in [2.24, 2.45) is 0 Å². The molecule has 0 aliphatic rings. The Hall–Kier alpha value is -2.62. The number of methoxy groups -OCH3 is 1. The average molecular weight is 280 g/mol. The van der Waals surface area contributed by atoms with Gasteiger partial charge in [-0.15, -0.1) is 0 Å². The zero-order valence-corrected chi connectivity index (χ0v) is 12.0. The van der Waals surface area contributed by atoms with Gasteiger partial charge < -0.3 is 9.26 Å². The van der Waals surface area contributed by atoms with E-state index in [1.807, 2.05) is 24.3 Å². The molecule has 1 heterocycles. The Kier molecular flexibility index (Phi) is 3.69. The topological polar surface area (TPSA) is 48.2 Å². The van der Waals surface area contributed by atoms with Crippen molar-refractivity contribution in [2.45, 2.75) is 13.3 Å². The number of ether oxygens (including phenoxy) is 1. The third-order valence-electron chi connectivity index (χ3n) is 3.29. The van der Waals surface area contributed by atoms with E-state index in [1.165, 1.54) is 5.56 Å². The first-order chi connectivity index (χ1) is 10.2. The SMILES string of the molecule is COc1ccc(-c2noc(Cc3ccc(C)cc3)n2)cc1. The van der Waals surface area contributed by atoms with Crippen molar-refractivity contribution >= 4 is 0 Å². The van der Waals surface area contributed by atoms with E-state index in [4.69, 9.17) is 9.26 Å². The van der Waals surface area contributed by atoms with Crippen LogP contribution in [0.1, 0.15) is 17.0 Å². The second-order valence-corrected chi connectivity index (χ2v) is 4.90. The lowest BCUT2D eigenvalue weighted by Gasteiger charge is -1.99. The molecule has 3 rings (SSSR count). The molecule has 3 aromatic rings. The molecule has 0 amide bonds. The molecule has 2 aromatic carbocycles. The normalized spacial score (nSPS) is 10.6. The first kappa shape index (κ1) is 13.4. The van der Waals surface area contributed by atoms with Crippen LogP contribution in [-0.4, -0.2) is 17.3 Å². The molecule has 0 saturated carbocycles. The van der Waals surface area contributed by atoms with E-state index in [0.29, 0.717) is 18.1 Å². The van der Waals surface area contributed by atoms with Crippen molar-refractivity contribution in [3.63, 3.8) is 0 Å². The van der Waals surface area contributed by atoms with Gasteiger partial charge in [0.15, 0.2) is 0 Å². The molecular weight excluding hydrogens is 264 g/mol. The third-order valence-corrected chi connectivity index (χ3v) is 3.29. The van der Waals surface area contributed by atoms with Crippen molar-refractivity contribution in [2.75, 3.05) is 7.11 Å². The van der Waals surface area contributed by atoms with Gasteiger partial charge in [-0.25, -0.2) is 0 Å². The monoisotopic (exact) mass is 280 g/mol. The number of aryl methyl sites for hydroxylation is 1. The molecular formula is C17H16N2O2. The highest BCUT2D eigenvalue weighted by Gasteiger charge is 2.09. The molecule has 0 unspecified atom stereocenters. The van der Waals surface area contributed by atoms with Crippen LogP contribution in [0.5, 0.6) is 5.75 Å². The molecule has 0 radical (unpaired) electrons. The van der Waals surface area contributed by atoms with Crippen molar-refractivity contribution < 1.29 is 9.26 Å². The van der Waals surface area contributed by atoms with Gasteiger partial charge in [-0.3, -0.25) is 0 Å². The van der Waals surface area contributed by atoms with Crippen molar-refractivity contribution in [1.82, 2.24) is 10.1 Å². The highest BCUT2D eigenvalue weighted by Crippen LogP contribution is 2.20. The molecule has 0 bridgehead atoms. The third kappa shape index (κ3) is 3.11. The van der Waals surface area contributed by atoms with Gasteiger partial charge in [0.1, 0.15) is 5.75 Å². The summed E-state index contributed by atoms with van der Waals surface area (Å²) in [6, 6.07) is 15.9. The summed E-state index contributed by atoms with van der Waals surface area (Å²) >= 11 is 0. The fraction of sp³-hybridized carbons (Fsp3) is 0.176. The maximum absolute atomic E-state index is 5.32. The summed E-state index contributed by atoms with van der Waals surface area (Å²) in [6.45, 7) is 2.07.